The van der Waals surface area contributed by atoms with Crippen LogP contribution in [-0.2, 0) is 19.1 Å². The molecule has 0 aliphatic heterocycles. The quantitative estimate of drug-likeness (QED) is 0.647. The number of fused-ring (bicyclic) bond motifs is 5. The number of aliphatic hydroxyl groups is 2. The van der Waals surface area contributed by atoms with E-state index in [1.54, 1.807) is 26.0 Å². The van der Waals surface area contributed by atoms with Crippen molar-refractivity contribution in [2.45, 2.75) is 72.0 Å². The lowest BCUT2D eigenvalue weighted by molar-refractivity contribution is -0.183. The Kier molecular flexibility index (Phi) is 5.57. The second kappa shape index (κ2) is 7.63. The van der Waals surface area contributed by atoms with E-state index in [9.17, 15) is 24.6 Å². The number of allylic oxidation sites excluding steroid dienone is 4. The molecule has 0 aromatic carbocycles. The first kappa shape index (κ1) is 23.4. The predicted molar refractivity (Wildman–Crippen MR) is 118 cm³/mol. The van der Waals surface area contributed by atoms with E-state index in [-0.39, 0.29) is 35.4 Å². The van der Waals surface area contributed by atoms with Gasteiger partial charge in [0.1, 0.15) is 5.60 Å². The summed E-state index contributed by atoms with van der Waals surface area (Å²) in [7, 11) is 0. The summed E-state index contributed by atoms with van der Waals surface area (Å²) >= 11 is 0. The van der Waals surface area contributed by atoms with Crippen LogP contribution in [0.2, 0.25) is 0 Å². The van der Waals surface area contributed by atoms with Crippen LogP contribution in [0.25, 0.3) is 0 Å². The maximum Gasteiger partial charge on any atom is 0.308 e. The van der Waals surface area contributed by atoms with Crippen molar-refractivity contribution in [1.29, 1.82) is 0 Å². The highest BCUT2D eigenvalue weighted by molar-refractivity contribution is 6.01. The van der Waals surface area contributed by atoms with Crippen LogP contribution in [0.3, 0.4) is 0 Å². The summed E-state index contributed by atoms with van der Waals surface area (Å²) in [5.74, 6) is -0.974. The molecular weight excluding hydrogens is 408 g/mol. The highest BCUT2D eigenvalue weighted by Gasteiger charge is 2.68. The van der Waals surface area contributed by atoms with Crippen LogP contribution >= 0.6 is 0 Å². The molecule has 6 nitrogen and oxygen atoms in total. The van der Waals surface area contributed by atoms with Crippen molar-refractivity contribution < 1.29 is 29.3 Å². The zero-order chi connectivity index (χ0) is 23.6. The van der Waals surface area contributed by atoms with Crippen molar-refractivity contribution in [3.63, 3.8) is 0 Å². The number of aliphatic hydroxyl groups excluding tert-OH is 1. The molecule has 8 atom stereocenters. The van der Waals surface area contributed by atoms with Crippen LogP contribution in [-0.4, -0.2) is 46.1 Å². The number of carbonyl (C=O) groups excluding carboxylic acids is 3. The highest BCUT2D eigenvalue weighted by Crippen LogP contribution is 2.67. The largest absolute Gasteiger partial charge is 0.457 e. The smallest absolute Gasteiger partial charge is 0.308 e. The van der Waals surface area contributed by atoms with Crippen LogP contribution in [0.5, 0.6) is 0 Å². The zero-order valence-corrected chi connectivity index (χ0v) is 19.8. The van der Waals surface area contributed by atoms with Crippen molar-refractivity contribution in [2.24, 2.45) is 40.4 Å². The molecule has 2 unspecified atom stereocenters. The summed E-state index contributed by atoms with van der Waals surface area (Å²) < 4.78 is 5.16. The number of esters is 1. The number of carbonyl (C=O) groups is 3. The summed E-state index contributed by atoms with van der Waals surface area (Å²) in [4.78, 5) is 37.1. The van der Waals surface area contributed by atoms with Crippen molar-refractivity contribution in [3.8, 4) is 0 Å². The fourth-order valence-corrected chi connectivity index (χ4v) is 7.64. The molecule has 3 saturated carbocycles. The van der Waals surface area contributed by atoms with Gasteiger partial charge in [-0.15, -0.1) is 0 Å². The van der Waals surface area contributed by atoms with Crippen molar-refractivity contribution in [2.75, 3.05) is 6.61 Å². The summed E-state index contributed by atoms with van der Waals surface area (Å²) in [5, 5.41) is 23.1. The fraction of sp³-hybridized carbons (Fsp3) is 0.731. The SMILES string of the molecule is CC(C)C(=O)OCC(=O)[C@@]1(O)CC[C@H]2[C@@H]3CC(C)C4=CC(=O)C=C[C@]4(C)[C@H]3C(O)C[C@@]21C. The Labute approximate surface area is 190 Å². The minimum atomic E-state index is -1.63. The van der Waals surface area contributed by atoms with Crippen LogP contribution in [0.4, 0.5) is 0 Å². The van der Waals surface area contributed by atoms with Crippen LogP contribution < -0.4 is 0 Å². The second-order valence-electron chi connectivity index (χ2n) is 11.3. The molecule has 0 saturated heterocycles. The van der Waals surface area contributed by atoms with E-state index in [0.29, 0.717) is 19.3 Å². The summed E-state index contributed by atoms with van der Waals surface area (Å²) in [6, 6.07) is 0. The molecule has 3 fully saturated rings. The second-order valence-corrected chi connectivity index (χ2v) is 11.3. The van der Waals surface area contributed by atoms with Gasteiger partial charge in [-0.3, -0.25) is 14.4 Å². The number of ketones is 2. The van der Waals surface area contributed by atoms with Crippen LogP contribution in [0.1, 0.15) is 60.3 Å². The Hall–Kier alpha value is -1.79. The van der Waals surface area contributed by atoms with Gasteiger partial charge in [-0.2, -0.15) is 0 Å². The summed E-state index contributed by atoms with van der Waals surface area (Å²) in [5.41, 5.74) is -1.74. The lowest BCUT2D eigenvalue weighted by atomic mass is 9.45. The van der Waals surface area contributed by atoms with E-state index < -0.39 is 40.9 Å². The summed E-state index contributed by atoms with van der Waals surface area (Å²) in [6.45, 7) is 9.12. The molecule has 176 valence electrons. The molecule has 0 aromatic heterocycles. The van der Waals surface area contributed by atoms with Crippen molar-refractivity contribution in [3.05, 3.63) is 23.8 Å². The van der Waals surface area contributed by atoms with Gasteiger partial charge in [0.25, 0.3) is 0 Å². The van der Waals surface area contributed by atoms with Gasteiger partial charge in [-0.05, 0) is 55.6 Å². The Morgan fingerprint density at radius 2 is 1.97 bits per heavy atom. The molecule has 32 heavy (non-hydrogen) atoms. The topological polar surface area (TPSA) is 101 Å². The lowest BCUT2D eigenvalue weighted by Crippen LogP contribution is -2.62. The normalized spacial score (nSPS) is 45.1. The molecule has 0 radical (unpaired) electrons. The molecule has 0 heterocycles. The number of hydrogen-bond donors (Lipinski definition) is 2. The van der Waals surface area contributed by atoms with E-state index in [1.807, 2.05) is 13.0 Å². The lowest BCUT2D eigenvalue weighted by Gasteiger charge is -2.60. The molecule has 6 heteroatoms. The third kappa shape index (κ3) is 3.17. The Morgan fingerprint density at radius 3 is 2.62 bits per heavy atom. The van der Waals surface area contributed by atoms with Gasteiger partial charge in [0.2, 0.25) is 5.78 Å². The molecule has 0 aromatic rings. The van der Waals surface area contributed by atoms with Gasteiger partial charge >= 0.3 is 5.97 Å². The minimum Gasteiger partial charge on any atom is -0.457 e. The molecule has 0 bridgehead atoms. The number of Topliss-reactive ketones (excluding diaryl/α,β-unsaturated/α-hetero) is 1. The zero-order valence-electron chi connectivity index (χ0n) is 19.8. The monoisotopic (exact) mass is 444 g/mol. The van der Waals surface area contributed by atoms with Gasteiger partial charge in [0.15, 0.2) is 12.4 Å². The minimum absolute atomic E-state index is 0.00491. The molecule has 4 aliphatic carbocycles. The third-order valence-corrected chi connectivity index (χ3v) is 9.25. The summed E-state index contributed by atoms with van der Waals surface area (Å²) in [6.07, 6.45) is 6.71. The molecular formula is C26H36O6. The van der Waals surface area contributed by atoms with E-state index in [0.717, 1.165) is 12.0 Å². The molecule has 0 amide bonds. The number of ether oxygens (including phenoxy) is 1. The van der Waals surface area contributed by atoms with E-state index in [2.05, 4.69) is 13.8 Å². The van der Waals surface area contributed by atoms with E-state index in [4.69, 9.17) is 4.74 Å². The highest BCUT2D eigenvalue weighted by atomic mass is 16.5. The third-order valence-electron chi connectivity index (χ3n) is 9.25. The first-order chi connectivity index (χ1) is 14.8. The maximum absolute atomic E-state index is 13.1. The number of hydrogen-bond acceptors (Lipinski definition) is 6. The average molecular weight is 445 g/mol. The van der Waals surface area contributed by atoms with E-state index >= 15 is 0 Å². The Bertz CT molecular complexity index is 902. The van der Waals surface area contributed by atoms with Crippen molar-refractivity contribution in [1.82, 2.24) is 0 Å². The maximum atomic E-state index is 13.1. The van der Waals surface area contributed by atoms with Crippen molar-refractivity contribution >= 4 is 17.5 Å². The first-order valence-corrected chi connectivity index (χ1v) is 11.9. The average Bonchev–Trinajstić information content (AvgIpc) is 2.98. The Balaban J connectivity index is 1.64. The molecule has 0 spiro atoms. The Morgan fingerprint density at radius 1 is 1.28 bits per heavy atom. The van der Waals surface area contributed by atoms with Gasteiger partial charge < -0.3 is 14.9 Å². The molecule has 4 aliphatic rings. The fourth-order valence-electron chi connectivity index (χ4n) is 7.64. The first-order valence-electron chi connectivity index (χ1n) is 11.9. The molecule has 4 rings (SSSR count). The van der Waals surface area contributed by atoms with Gasteiger partial charge in [-0.1, -0.05) is 46.3 Å². The van der Waals surface area contributed by atoms with Crippen LogP contribution in [0, 0.1) is 40.4 Å². The van der Waals surface area contributed by atoms with Gasteiger partial charge in [-0.25, -0.2) is 0 Å². The standard InChI is InChI=1S/C26H36O6/c1-14(2)23(30)32-13-21(29)26(31)9-7-18-17-10-15(3)19-11-16(27)6-8-24(19,4)22(17)20(28)12-25(18,26)5/h6,8,11,14-15,17-18,20,22,28,31H,7,9-10,12-13H2,1-5H3/t15?,17-,18-,20?,22+,24-,25-,26-/m0/s1. The predicted octanol–water partition coefficient (Wildman–Crippen LogP) is 3.01. The van der Waals surface area contributed by atoms with Crippen LogP contribution in [0.15, 0.2) is 23.8 Å². The van der Waals surface area contributed by atoms with Gasteiger partial charge in [0.05, 0.1) is 12.0 Å². The molecule has 2 N–H and O–H groups in total. The van der Waals surface area contributed by atoms with E-state index in [1.165, 1.54) is 0 Å². The van der Waals surface area contributed by atoms with Gasteiger partial charge in [0, 0.05) is 16.7 Å². The number of rotatable bonds is 4.